The van der Waals surface area contributed by atoms with Crippen molar-refractivity contribution in [1.82, 2.24) is 4.98 Å². The van der Waals surface area contributed by atoms with Gasteiger partial charge in [-0.3, -0.25) is 0 Å². The van der Waals surface area contributed by atoms with E-state index in [1.54, 1.807) is 11.3 Å². The van der Waals surface area contributed by atoms with Crippen LogP contribution < -0.4 is 4.90 Å². The molecule has 0 aliphatic carbocycles. The summed E-state index contributed by atoms with van der Waals surface area (Å²) in [6, 6.07) is 9.81. The molecule has 1 aliphatic rings. The van der Waals surface area contributed by atoms with E-state index in [1.807, 2.05) is 24.3 Å². The molecule has 0 radical (unpaired) electrons. The summed E-state index contributed by atoms with van der Waals surface area (Å²) >= 11 is 1.70. The van der Waals surface area contributed by atoms with Crippen LogP contribution in [-0.2, 0) is 0 Å². The maximum Gasteiger partial charge on any atom is 0.185 e. The van der Waals surface area contributed by atoms with Crippen LogP contribution in [0.5, 0.6) is 0 Å². The Balaban J connectivity index is 1.86. The molecule has 2 heterocycles. The van der Waals surface area contributed by atoms with Crippen LogP contribution in [0.4, 0.5) is 5.13 Å². The summed E-state index contributed by atoms with van der Waals surface area (Å²) in [6.07, 6.45) is 3.86. The smallest absolute Gasteiger partial charge is 0.185 e. The monoisotopic (exact) mass is 269 g/mol. The molecule has 4 heteroatoms. The molecule has 0 unspecified atom stereocenters. The predicted molar refractivity (Wildman–Crippen MR) is 78.3 cm³/mol. The molecular weight excluding hydrogens is 254 g/mol. The second-order valence-corrected chi connectivity index (χ2v) is 5.59. The molecule has 1 aromatic carbocycles. The van der Waals surface area contributed by atoms with E-state index in [-0.39, 0.29) is 0 Å². The maximum absolute atomic E-state index is 8.94. The third-order valence-electron chi connectivity index (χ3n) is 3.41. The first-order chi connectivity index (χ1) is 9.36. The summed E-state index contributed by atoms with van der Waals surface area (Å²) < 4.78 is 0. The number of nitrogens with zero attached hydrogens (tertiary/aromatic N) is 3. The molecule has 19 heavy (non-hydrogen) atoms. The van der Waals surface area contributed by atoms with Gasteiger partial charge >= 0.3 is 0 Å². The Morgan fingerprint density at radius 3 is 2.84 bits per heavy atom. The SMILES string of the molecule is N#Cc1cccc(-c2csc(N3CCCCC3)n2)c1. The Bertz CT molecular complexity index is 606. The Morgan fingerprint density at radius 2 is 2.05 bits per heavy atom. The zero-order valence-electron chi connectivity index (χ0n) is 10.7. The minimum absolute atomic E-state index is 0.685. The summed E-state index contributed by atoms with van der Waals surface area (Å²) in [5, 5.41) is 12.1. The topological polar surface area (TPSA) is 39.9 Å². The molecule has 1 aliphatic heterocycles. The van der Waals surface area contributed by atoms with Crippen molar-refractivity contribution in [3.8, 4) is 17.3 Å². The quantitative estimate of drug-likeness (QED) is 0.835. The van der Waals surface area contributed by atoms with Gasteiger partial charge in [-0.2, -0.15) is 5.26 Å². The van der Waals surface area contributed by atoms with Crippen LogP contribution in [0.3, 0.4) is 0 Å². The van der Waals surface area contributed by atoms with Crippen LogP contribution in [0.25, 0.3) is 11.3 Å². The Kier molecular flexibility index (Phi) is 3.47. The van der Waals surface area contributed by atoms with Crippen LogP contribution in [0.1, 0.15) is 24.8 Å². The molecule has 0 amide bonds. The van der Waals surface area contributed by atoms with Gasteiger partial charge in [0.2, 0.25) is 0 Å². The van der Waals surface area contributed by atoms with Gasteiger partial charge in [0.05, 0.1) is 17.3 Å². The number of piperidine rings is 1. The molecule has 2 aromatic rings. The van der Waals surface area contributed by atoms with Gasteiger partial charge in [0.1, 0.15) is 0 Å². The van der Waals surface area contributed by atoms with Gasteiger partial charge in [-0.1, -0.05) is 12.1 Å². The standard InChI is InChI=1S/C15H15N3S/c16-10-12-5-4-6-13(9-12)14-11-19-15(17-14)18-7-2-1-3-8-18/h4-6,9,11H,1-3,7-8H2. The highest BCUT2D eigenvalue weighted by Crippen LogP contribution is 2.29. The highest BCUT2D eigenvalue weighted by molar-refractivity contribution is 7.14. The molecule has 0 saturated carbocycles. The molecule has 0 N–H and O–H groups in total. The van der Waals surface area contributed by atoms with Crippen LogP contribution in [0, 0.1) is 11.3 Å². The zero-order chi connectivity index (χ0) is 13.1. The molecule has 0 spiro atoms. The number of hydrogen-bond acceptors (Lipinski definition) is 4. The average Bonchev–Trinajstić information content (AvgIpc) is 2.98. The first-order valence-corrected chi connectivity index (χ1v) is 7.46. The predicted octanol–water partition coefficient (Wildman–Crippen LogP) is 3.67. The number of anilines is 1. The van der Waals surface area contributed by atoms with Crippen molar-refractivity contribution >= 4 is 16.5 Å². The number of hydrogen-bond donors (Lipinski definition) is 0. The Morgan fingerprint density at radius 1 is 1.21 bits per heavy atom. The lowest BCUT2D eigenvalue weighted by Gasteiger charge is -2.25. The van der Waals surface area contributed by atoms with Gasteiger partial charge in [0.25, 0.3) is 0 Å². The fourth-order valence-electron chi connectivity index (χ4n) is 2.38. The summed E-state index contributed by atoms with van der Waals surface area (Å²) in [5.41, 5.74) is 2.69. The molecule has 0 bridgehead atoms. The van der Waals surface area contributed by atoms with Crippen LogP contribution in [0.15, 0.2) is 29.6 Å². The van der Waals surface area contributed by atoms with E-state index in [2.05, 4.69) is 16.3 Å². The van der Waals surface area contributed by atoms with Crippen LogP contribution in [-0.4, -0.2) is 18.1 Å². The first kappa shape index (κ1) is 12.2. The first-order valence-electron chi connectivity index (χ1n) is 6.58. The molecule has 1 fully saturated rings. The van der Waals surface area contributed by atoms with Gasteiger partial charge in [-0.15, -0.1) is 11.3 Å². The minimum Gasteiger partial charge on any atom is -0.348 e. The third kappa shape index (κ3) is 2.61. The van der Waals surface area contributed by atoms with Gasteiger partial charge < -0.3 is 4.90 Å². The van der Waals surface area contributed by atoms with Crippen LogP contribution in [0.2, 0.25) is 0 Å². The number of benzene rings is 1. The lowest BCUT2D eigenvalue weighted by molar-refractivity contribution is 0.577. The molecule has 3 nitrogen and oxygen atoms in total. The number of aromatic nitrogens is 1. The highest BCUT2D eigenvalue weighted by atomic mass is 32.1. The summed E-state index contributed by atoms with van der Waals surface area (Å²) in [4.78, 5) is 7.08. The van der Waals surface area contributed by atoms with E-state index in [4.69, 9.17) is 10.2 Å². The maximum atomic E-state index is 8.94. The van der Waals surface area contributed by atoms with Gasteiger partial charge in [-0.25, -0.2) is 4.98 Å². The zero-order valence-corrected chi connectivity index (χ0v) is 11.5. The Labute approximate surface area is 117 Å². The van der Waals surface area contributed by atoms with E-state index in [0.717, 1.165) is 29.5 Å². The van der Waals surface area contributed by atoms with E-state index >= 15 is 0 Å². The van der Waals surface area contributed by atoms with E-state index in [1.165, 1.54) is 19.3 Å². The third-order valence-corrected chi connectivity index (χ3v) is 4.31. The van der Waals surface area contributed by atoms with Gasteiger partial charge in [-0.05, 0) is 31.4 Å². The van der Waals surface area contributed by atoms with E-state index in [9.17, 15) is 0 Å². The van der Waals surface area contributed by atoms with Crippen molar-refractivity contribution in [1.29, 1.82) is 5.26 Å². The van der Waals surface area contributed by atoms with Crippen molar-refractivity contribution in [3.63, 3.8) is 0 Å². The normalized spacial score (nSPS) is 15.2. The number of rotatable bonds is 2. The molecule has 1 aromatic heterocycles. The second-order valence-electron chi connectivity index (χ2n) is 4.76. The lowest BCUT2D eigenvalue weighted by atomic mass is 10.1. The second kappa shape index (κ2) is 5.41. The minimum atomic E-state index is 0.685. The lowest BCUT2D eigenvalue weighted by Crippen LogP contribution is -2.29. The molecule has 0 atom stereocenters. The highest BCUT2D eigenvalue weighted by Gasteiger charge is 2.14. The summed E-state index contributed by atoms with van der Waals surface area (Å²) in [6.45, 7) is 2.23. The molecule has 3 rings (SSSR count). The largest absolute Gasteiger partial charge is 0.348 e. The van der Waals surface area contributed by atoms with E-state index < -0.39 is 0 Å². The van der Waals surface area contributed by atoms with Crippen molar-refractivity contribution in [3.05, 3.63) is 35.2 Å². The molecule has 96 valence electrons. The number of nitriles is 1. The van der Waals surface area contributed by atoms with Gasteiger partial charge in [0, 0.05) is 24.0 Å². The van der Waals surface area contributed by atoms with Crippen molar-refractivity contribution in [2.24, 2.45) is 0 Å². The molecule has 1 saturated heterocycles. The van der Waals surface area contributed by atoms with Crippen LogP contribution >= 0.6 is 11.3 Å². The van der Waals surface area contributed by atoms with Crippen molar-refractivity contribution < 1.29 is 0 Å². The number of thiazole rings is 1. The fourth-order valence-corrected chi connectivity index (χ4v) is 3.26. The Hall–Kier alpha value is -1.86. The average molecular weight is 269 g/mol. The summed E-state index contributed by atoms with van der Waals surface area (Å²) in [7, 11) is 0. The van der Waals surface area contributed by atoms with Gasteiger partial charge in [0.15, 0.2) is 5.13 Å². The molecular formula is C15H15N3S. The summed E-state index contributed by atoms with van der Waals surface area (Å²) in [5.74, 6) is 0. The fraction of sp³-hybridized carbons (Fsp3) is 0.333. The van der Waals surface area contributed by atoms with Crippen molar-refractivity contribution in [2.75, 3.05) is 18.0 Å². The van der Waals surface area contributed by atoms with E-state index in [0.29, 0.717) is 5.56 Å². The van der Waals surface area contributed by atoms with Crippen molar-refractivity contribution in [2.45, 2.75) is 19.3 Å².